The molecule has 1 aliphatic rings. The summed E-state index contributed by atoms with van der Waals surface area (Å²) in [5, 5.41) is 1.26. The molecule has 1 amide bonds. The molecule has 0 fully saturated rings. The van der Waals surface area contributed by atoms with Crippen LogP contribution >= 0.6 is 0 Å². The summed E-state index contributed by atoms with van der Waals surface area (Å²) in [7, 11) is 0. The second kappa shape index (κ2) is 4.37. The van der Waals surface area contributed by atoms with Crippen LogP contribution in [0.15, 0.2) is 18.2 Å². The van der Waals surface area contributed by atoms with Gasteiger partial charge in [0, 0.05) is 47.1 Å². The normalized spacial score (nSPS) is 15.5. The predicted octanol–water partition coefficient (Wildman–Crippen LogP) is 3.41. The van der Waals surface area contributed by atoms with Crippen molar-refractivity contribution >= 4 is 16.8 Å². The molecular weight excluding hydrogens is 248 g/mol. The number of rotatable bonds is 0. The highest BCUT2D eigenvalue weighted by molar-refractivity contribution is 5.87. The van der Waals surface area contributed by atoms with Gasteiger partial charge in [-0.25, -0.2) is 0 Å². The van der Waals surface area contributed by atoms with E-state index in [1.54, 1.807) is 0 Å². The third-order valence-corrected chi connectivity index (χ3v) is 4.06. The smallest absolute Gasteiger partial charge is 0.228 e. The molecule has 2 aromatic rings. The van der Waals surface area contributed by atoms with Crippen molar-refractivity contribution in [1.29, 1.82) is 0 Å². The fourth-order valence-electron chi connectivity index (χ4n) is 2.98. The summed E-state index contributed by atoms with van der Waals surface area (Å²) in [6, 6.07) is 6.50. The summed E-state index contributed by atoms with van der Waals surface area (Å²) in [5.41, 5.74) is 4.74. The van der Waals surface area contributed by atoms with Crippen LogP contribution in [0.25, 0.3) is 10.9 Å². The fourth-order valence-corrected chi connectivity index (χ4v) is 2.98. The number of hydrogen-bond donors (Lipinski definition) is 1. The van der Waals surface area contributed by atoms with E-state index in [1.807, 2.05) is 25.7 Å². The molecule has 106 valence electrons. The molecule has 3 rings (SSSR count). The van der Waals surface area contributed by atoms with E-state index >= 15 is 0 Å². The fraction of sp³-hybridized carbons (Fsp3) is 0.471. The van der Waals surface area contributed by atoms with Crippen LogP contribution in [-0.4, -0.2) is 22.3 Å². The average molecular weight is 270 g/mol. The van der Waals surface area contributed by atoms with Crippen molar-refractivity contribution in [3.05, 3.63) is 35.0 Å². The summed E-state index contributed by atoms with van der Waals surface area (Å²) in [6.07, 6.45) is 0.922. The first-order valence-corrected chi connectivity index (χ1v) is 7.26. The molecule has 3 heteroatoms. The molecule has 1 aromatic heterocycles. The number of benzene rings is 1. The van der Waals surface area contributed by atoms with Crippen LogP contribution in [0.5, 0.6) is 0 Å². The Bertz CT molecular complexity index is 676. The number of hydrogen-bond acceptors (Lipinski definition) is 1. The molecular formula is C17H22N2O. The molecule has 1 N–H and O–H groups in total. The number of amides is 1. The molecule has 0 aliphatic carbocycles. The van der Waals surface area contributed by atoms with Crippen LogP contribution in [-0.2, 0) is 17.8 Å². The molecule has 1 aromatic carbocycles. The number of fused-ring (bicyclic) bond motifs is 3. The third-order valence-electron chi connectivity index (χ3n) is 4.06. The number of nitrogens with one attached hydrogen (secondary N) is 1. The number of aromatic amines is 1. The van der Waals surface area contributed by atoms with Crippen molar-refractivity contribution in [2.24, 2.45) is 5.41 Å². The summed E-state index contributed by atoms with van der Waals surface area (Å²) in [5.74, 6) is 0.240. The summed E-state index contributed by atoms with van der Waals surface area (Å²) < 4.78 is 0. The summed E-state index contributed by atoms with van der Waals surface area (Å²) in [6.45, 7) is 9.62. The second-order valence-electron chi connectivity index (χ2n) is 6.86. The molecule has 0 radical (unpaired) electrons. The van der Waals surface area contributed by atoms with Crippen LogP contribution in [0.2, 0.25) is 0 Å². The number of nitrogens with zero attached hydrogens (tertiary/aromatic N) is 1. The number of carbonyl (C=O) groups excluding carboxylic acids is 1. The Hall–Kier alpha value is -1.77. The summed E-state index contributed by atoms with van der Waals surface area (Å²) in [4.78, 5) is 18.0. The maximum atomic E-state index is 12.5. The van der Waals surface area contributed by atoms with Crippen molar-refractivity contribution in [2.45, 2.75) is 40.7 Å². The Kier molecular flexibility index (Phi) is 2.89. The van der Waals surface area contributed by atoms with Crippen molar-refractivity contribution in [1.82, 2.24) is 9.88 Å². The van der Waals surface area contributed by atoms with Gasteiger partial charge in [0.2, 0.25) is 5.91 Å². The highest BCUT2D eigenvalue weighted by Gasteiger charge is 2.30. The lowest BCUT2D eigenvalue weighted by Crippen LogP contribution is -2.42. The van der Waals surface area contributed by atoms with E-state index in [1.165, 1.54) is 27.7 Å². The van der Waals surface area contributed by atoms with E-state index in [-0.39, 0.29) is 11.3 Å². The maximum absolute atomic E-state index is 12.5. The van der Waals surface area contributed by atoms with Gasteiger partial charge in [-0.15, -0.1) is 0 Å². The Labute approximate surface area is 120 Å². The molecule has 20 heavy (non-hydrogen) atoms. The molecule has 0 saturated carbocycles. The minimum absolute atomic E-state index is 0.240. The lowest BCUT2D eigenvalue weighted by Gasteiger charge is -2.32. The molecule has 1 aliphatic heterocycles. The zero-order chi connectivity index (χ0) is 14.5. The van der Waals surface area contributed by atoms with Crippen molar-refractivity contribution in [2.75, 3.05) is 6.54 Å². The van der Waals surface area contributed by atoms with Gasteiger partial charge in [-0.2, -0.15) is 0 Å². The topological polar surface area (TPSA) is 36.1 Å². The zero-order valence-corrected chi connectivity index (χ0v) is 12.7. The van der Waals surface area contributed by atoms with Crippen LogP contribution in [0.4, 0.5) is 0 Å². The molecule has 0 bridgehead atoms. The van der Waals surface area contributed by atoms with E-state index in [4.69, 9.17) is 0 Å². The second-order valence-corrected chi connectivity index (χ2v) is 6.86. The van der Waals surface area contributed by atoms with Crippen LogP contribution in [0.1, 0.15) is 37.6 Å². The predicted molar refractivity (Wildman–Crippen MR) is 81.6 cm³/mol. The molecule has 0 spiro atoms. The standard InChI is InChI=1S/C17H22N2O/c1-11-5-6-12-13-10-19(16(20)17(2,3)4)8-7-14(13)18-15(12)9-11/h5-6,9,18H,7-8,10H2,1-4H3. The maximum Gasteiger partial charge on any atom is 0.228 e. The number of aryl methyl sites for hydroxylation is 1. The third kappa shape index (κ3) is 2.11. The SMILES string of the molecule is Cc1ccc2c3c([nH]c2c1)CCN(C(=O)C(C)(C)C)C3. The van der Waals surface area contributed by atoms with Gasteiger partial charge in [-0.1, -0.05) is 32.9 Å². The summed E-state index contributed by atoms with van der Waals surface area (Å²) >= 11 is 0. The van der Waals surface area contributed by atoms with E-state index in [0.29, 0.717) is 0 Å². The van der Waals surface area contributed by atoms with Crippen molar-refractivity contribution in [3.8, 4) is 0 Å². The van der Waals surface area contributed by atoms with Gasteiger partial charge < -0.3 is 9.88 Å². The first kappa shape index (κ1) is 13.2. The largest absolute Gasteiger partial charge is 0.358 e. The van der Waals surface area contributed by atoms with Crippen LogP contribution < -0.4 is 0 Å². The molecule has 0 saturated heterocycles. The zero-order valence-electron chi connectivity index (χ0n) is 12.7. The highest BCUT2D eigenvalue weighted by atomic mass is 16.2. The number of H-pyrrole nitrogens is 1. The van der Waals surface area contributed by atoms with Crippen molar-refractivity contribution < 1.29 is 4.79 Å². The Morgan fingerprint density at radius 3 is 2.75 bits per heavy atom. The lowest BCUT2D eigenvalue weighted by atomic mass is 9.93. The van der Waals surface area contributed by atoms with Gasteiger partial charge >= 0.3 is 0 Å². The number of aromatic nitrogens is 1. The molecule has 3 nitrogen and oxygen atoms in total. The molecule has 0 unspecified atom stereocenters. The van der Waals surface area contributed by atoms with E-state index in [0.717, 1.165) is 19.5 Å². The molecule has 2 heterocycles. The minimum Gasteiger partial charge on any atom is -0.358 e. The van der Waals surface area contributed by atoms with E-state index in [9.17, 15) is 4.79 Å². The Morgan fingerprint density at radius 2 is 2.05 bits per heavy atom. The first-order chi connectivity index (χ1) is 9.36. The van der Waals surface area contributed by atoms with Gasteiger partial charge in [0.05, 0.1) is 0 Å². The van der Waals surface area contributed by atoms with Crippen molar-refractivity contribution in [3.63, 3.8) is 0 Å². The van der Waals surface area contributed by atoms with E-state index < -0.39 is 0 Å². The molecule has 0 atom stereocenters. The average Bonchev–Trinajstić information content (AvgIpc) is 2.73. The van der Waals surface area contributed by atoms with Gasteiger partial charge in [0.15, 0.2) is 0 Å². The Morgan fingerprint density at radius 1 is 1.30 bits per heavy atom. The monoisotopic (exact) mass is 270 g/mol. The van der Waals surface area contributed by atoms with Crippen LogP contribution in [0.3, 0.4) is 0 Å². The van der Waals surface area contributed by atoms with E-state index in [2.05, 4.69) is 30.1 Å². The lowest BCUT2D eigenvalue weighted by molar-refractivity contribution is -0.140. The van der Waals surface area contributed by atoms with Crippen LogP contribution in [0, 0.1) is 12.3 Å². The van der Waals surface area contributed by atoms with Gasteiger partial charge in [-0.05, 0) is 18.6 Å². The van der Waals surface area contributed by atoms with Gasteiger partial charge in [-0.3, -0.25) is 4.79 Å². The quantitative estimate of drug-likeness (QED) is 0.782. The van der Waals surface area contributed by atoms with Gasteiger partial charge in [0.25, 0.3) is 0 Å². The van der Waals surface area contributed by atoms with Gasteiger partial charge in [0.1, 0.15) is 0 Å². The number of carbonyl (C=O) groups is 1. The Balaban J connectivity index is 1.98. The minimum atomic E-state index is -0.305. The first-order valence-electron chi connectivity index (χ1n) is 7.26. The highest BCUT2D eigenvalue weighted by Crippen LogP contribution is 2.30.